The third kappa shape index (κ3) is 3.74. The van der Waals surface area contributed by atoms with Crippen LogP contribution in [0.5, 0.6) is 0 Å². The number of aromatic nitrogens is 3. The molecule has 0 atom stereocenters. The van der Waals surface area contributed by atoms with E-state index in [1.54, 1.807) is 6.08 Å². The first-order chi connectivity index (χ1) is 12.9. The first-order valence-electron chi connectivity index (χ1n) is 9.26. The van der Waals surface area contributed by atoms with Crippen LogP contribution in [0.3, 0.4) is 0 Å². The fourth-order valence-corrected chi connectivity index (χ4v) is 4.20. The Morgan fingerprint density at radius 2 is 2.04 bits per heavy atom. The highest BCUT2D eigenvalue weighted by molar-refractivity contribution is 7.99. The number of hydrogen-bond donors (Lipinski definition) is 1. The van der Waals surface area contributed by atoms with Crippen molar-refractivity contribution in [3.8, 4) is 0 Å². The van der Waals surface area contributed by atoms with Crippen LogP contribution in [0.4, 0.5) is 5.69 Å². The predicted molar refractivity (Wildman–Crippen MR) is 110 cm³/mol. The molecule has 1 aliphatic heterocycles. The van der Waals surface area contributed by atoms with Gasteiger partial charge in [-0.2, -0.15) is 0 Å². The molecule has 1 aromatic carbocycles. The van der Waals surface area contributed by atoms with Crippen molar-refractivity contribution >= 4 is 23.2 Å². The predicted octanol–water partition coefficient (Wildman–Crippen LogP) is 3.31. The van der Waals surface area contributed by atoms with Crippen molar-refractivity contribution in [1.29, 1.82) is 0 Å². The molecule has 0 saturated heterocycles. The summed E-state index contributed by atoms with van der Waals surface area (Å²) in [5.41, 5.74) is 3.19. The largest absolute Gasteiger partial charge is 0.347 e. The van der Waals surface area contributed by atoms with Crippen molar-refractivity contribution in [2.24, 2.45) is 0 Å². The van der Waals surface area contributed by atoms with Crippen molar-refractivity contribution in [1.82, 2.24) is 14.9 Å². The number of nitrogens with two attached hydrogens (primary N) is 1. The number of likely N-dealkylation sites (N-methyl/N-ethyl adjacent to an activating group) is 1. The molecule has 0 spiro atoms. The molecule has 2 aromatic rings. The van der Waals surface area contributed by atoms with E-state index in [2.05, 4.69) is 48.0 Å². The van der Waals surface area contributed by atoms with Crippen LogP contribution in [-0.4, -0.2) is 33.5 Å². The Labute approximate surface area is 164 Å². The van der Waals surface area contributed by atoms with Gasteiger partial charge in [-0.3, -0.25) is 4.79 Å². The van der Waals surface area contributed by atoms with Crippen LogP contribution in [-0.2, 0) is 16.6 Å². The second kappa shape index (κ2) is 7.76. The van der Waals surface area contributed by atoms with E-state index in [0.29, 0.717) is 5.16 Å². The molecule has 7 heteroatoms. The van der Waals surface area contributed by atoms with Crippen molar-refractivity contribution in [3.63, 3.8) is 0 Å². The van der Waals surface area contributed by atoms with E-state index < -0.39 is 0 Å². The summed E-state index contributed by atoms with van der Waals surface area (Å²) in [7, 11) is 2.01. The van der Waals surface area contributed by atoms with Crippen molar-refractivity contribution < 1.29 is 4.79 Å². The number of allylic oxidation sites excluding steroid dienone is 2. The summed E-state index contributed by atoms with van der Waals surface area (Å²) in [5.74, 6) is 7.14. The van der Waals surface area contributed by atoms with Gasteiger partial charge in [0.05, 0.1) is 5.75 Å². The normalized spacial score (nSPS) is 16.7. The Kier molecular flexibility index (Phi) is 5.60. The van der Waals surface area contributed by atoms with Gasteiger partial charge < -0.3 is 10.7 Å². The molecule has 0 unspecified atom stereocenters. The quantitative estimate of drug-likeness (QED) is 0.448. The van der Waals surface area contributed by atoms with Crippen LogP contribution < -0.4 is 10.7 Å². The molecule has 0 saturated carbocycles. The van der Waals surface area contributed by atoms with E-state index >= 15 is 0 Å². The average Bonchev–Trinajstić information content (AvgIpc) is 3.09. The lowest BCUT2D eigenvalue weighted by Crippen LogP contribution is -2.24. The number of aryl methyl sites for hydroxylation is 1. The van der Waals surface area contributed by atoms with Crippen molar-refractivity contribution in [2.45, 2.75) is 50.6 Å². The number of carbonyl (C=O) groups excluding carboxylic acids is 1. The van der Waals surface area contributed by atoms with Gasteiger partial charge in [0.2, 0.25) is 5.16 Å². The van der Waals surface area contributed by atoms with E-state index in [1.165, 1.54) is 22.0 Å². The van der Waals surface area contributed by atoms with Crippen LogP contribution in [0, 0.1) is 0 Å². The highest BCUT2D eigenvalue weighted by Gasteiger charge is 2.38. The fourth-order valence-electron chi connectivity index (χ4n) is 3.50. The number of rotatable bonds is 7. The summed E-state index contributed by atoms with van der Waals surface area (Å²) in [5, 5.41) is 8.82. The number of hydrogen-bond acceptors (Lipinski definition) is 6. The zero-order valence-corrected chi connectivity index (χ0v) is 17.2. The van der Waals surface area contributed by atoms with Crippen LogP contribution in [0.25, 0.3) is 0 Å². The van der Waals surface area contributed by atoms with Gasteiger partial charge in [0.25, 0.3) is 0 Å². The lowest BCUT2D eigenvalue weighted by molar-refractivity contribution is -0.112. The number of nitrogen functional groups attached to an aromatic ring is 1. The molecule has 0 radical (unpaired) electrons. The van der Waals surface area contributed by atoms with Gasteiger partial charge >= 0.3 is 0 Å². The SMILES string of the molecule is CCCCc1nnc(SCC(=O)/C=C2/N(C)c3ccccc3C2(C)C)n1N. The minimum atomic E-state index is -0.202. The van der Waals surface area contributed by atoms with E-state index in [0.717, 1.165) is 36.5 Å². The fraction of sp³-hybridized carbons (Fsp3) is 0.450. The molecule has 2 heterocycles. The number of para-hydroxylation sites is 1. The second-order valence-corrected chi connectivity index (χ2v) is 8.30. The molecule has 0 amide bonds. The van der Waals surface area contributed by atoms with Gasteiger partial charge in [0.1, 0.15) is 0 Å². The number of thioether (sulfide) groups is 1. The summed E-state index contributed by atoms with van der Waals surface area (Å²) >= 11 is 1.33. The Morgan fingerprint density at radius 3 is 2.74 bits per heavy atom. The number of fused-ring (bicyclic) bond motifs is 1. The van der Waals surface area contributed by atoms with Crippen LogP contribution in [0.15, 0.2) is 41.2 Å². The molecular formula is C20H27N5OS. The minimum Gasteiger partial charge on any atom is -0.347 e. The molecule has 6 nitrogen and oxygen atoms in total. The van der Waals surface area contributed by atoms with E-state index in [1.807, 2.05) is 19.2 Å². The van der Waals surface area contributed by atoms with Crippen molar-refractivity contribution in [3.05, 3.63) is 47.4 Å². The average molecular weight is 386 g/mol. The molecular weight excluding hydrogens is 358 g/mol. The molecule has 0 fully saturated rings. The first kappa shape index (κ1) is 19.5. The van der Waals surface area contributed by atoms with Crippen LogP contribution >= 0.6 is 11.8 Å². The molecule has 3 rings (SSSR count). The number of nitrogens with zero attached hydrogens (tertiary/aromatic N) is 4. The molecule has 144 valence electrons. The maximum absolute atomic E-state index is 12.6. The minimum absolute atomic E-state index is 0.0424. The van der Waals surface area contributed by atoms with Crippen LogP contribution in [0.1, 0.15) is 45.0 Å². The first-order valence-corrected chi connectivity index (χ1v) is 10.2. The van der Waals surface area contributed by atoms with Gasteiger partial charge in [-0.15, -0.1) is 10.2 Å². The molecule has 0 aliphatic carbocycles. The zero-order chi connectivity index (χ0) is 19.6. The Morgan fingerprint density at radius 1 is 1.30 bits per heavy atom. The number of unbranched alkanes of at least 4 members (excludes halogenated alkanes) is 1. The lowest BCUT2D eigenvalue weighted by Gasteiger charge is -2.23. The summed E-state index contributed by atoms with van der Waals surface area (Å²) in [6, 6.07) is 8.28. The molecule has 0 bridgehead atoms. The number of ketones is 1. The van der Waals surface area contributed by atoms with E-state index in [9.17, 15) is 4.79 Å². The summed E-state index contributed by atoms with van der Waals surface area (Å²) in [4.78, 5) is 14.7. The van der Waals surface area contributed by atoms with E-state index in [-0.39, 0.29) is 17.0 Å². The molecule has 2 N–H and O–H groups in total. The number of benzene rings is 1. The third-order valence-corrected chi connectivity index (χ3v) is 6.04. The van der Waals surface area contributed by atoms with Gasteiger partial charge in [-0.1, -0.05) is 57.2 Å². The summed E-state index contributed by atoms with van der Waals surface area (Å²) in [6.45, 7) is 6.43. The highest BCUT2D eigenvalue weighted by atomic mass is 32.2. The maximum atomic E-state index is 12.6. The zero-order valence-electron chi connectivity index (χ0n) is 16.4. The highest BCUT2D eigenvalue weighted by Crippen LogP contribution is 2.46. The van der Waals surface area contributed by atoms with Crippen molar-refractivity contribution in [2.75, 3.05) is 23.5 Å². The molecule has 1 aliphatic rings. The van der Waals surface area contributed by atoms with Gasteiger partial charge in [0.15, 0.2) is 11.6 Å². The topological polar surface area (TPSA) is 77.0 Å². The van der Waals surface area contributed by atoms with Gasteiger partial charge in [-0.25, -0.2) is 4.68 Å². The summed E-state index contributed by atoms with van der Waals surface area (Å²) in [6.07, 6.45) is 4.65. The van der Waals surface area contributed by atoms with Gasteiger partial charge in [0, 0.05) is 36.3 Å². The van der Waals surface area contributed by atoms with Gasteiger partial charge in [-0.05, 0) is 18.1 Å². The summed E-state index contributed by atoms with van der Waals surface area (Å²) < 4.78 is 1.50. The Hall–Kier alpha value is -2.28. The van der Waals surface area contributed by atoms with Crippen LogP contribution in [0.2, 0.25) is 0 Å². The number of anilines is 1. The third-order valence-electron chi connectivity index (χ3n) is 5.07. The maximum Gasteiger partial charge on any atom is 0.210 e. The van der Waals surface area contributed by atoms with E-state index in [4.69, 9.17) is 5.84 Å². The molecule has 1 aromatic heterocycles. The monoisotopic (exact) mass is 385 g/mol. The number of carbonyl (C=O) groups is 1. The standard InChI is InChI=1S/C20H27N5OS/c1-5-6-11-18-22-23-19(25(18)21)27-13-14(26)12-17-20(2,3)15-9-7-8-10-16(15)24(17)4/h7-10,12H,5-6,11,13,21H2,1-4H3/b17-12+. The molecule has 27 heavy (non-hydrogen) atoms. The lowest BCUT2D eigenvalue weighted by atomic mass is 9.83. The second-order valence-electron chi connectivity index (χ2n) is 7.36. The Bertz CT molecular complexity index is 871. The smallest absolute Gasteiger partial charge is 0.210 e. The Balaban J connectivity index is 1.70.